The Hall–Kier alpha value is -5.10. The highest BCUT2D eigenvalue weighted by Crippen LogP contribution is 2.39. The van der Waals surface area contributed by atoms with Gasteiger partial charge in [0.25, 0.3) is 10.0 Å². The number of nitrogens with two attached hydrogens (primary N) is 1. The molecule has 0 spiro atoms. The lowest BCUT2D eigenvalue weighted by atomic mass is 10.1. The number of carbonyl (C=O) groups excluding carboxylic acids is 1. The van der Waals surface area contributed by atoms with E-state index in [9.17, 15) is 13.2 Å². The highest BCUT2D eigenvalue weighted by Gasteiger charge is 2.30. The monoisotopic (exact) mass is 554 g/mol. The number of hydrogen-bond donors (Lipinski definition) is 2. The van der Waals surface area contributed by atoms with Crippen LogP contribution in [0.3, 0.4) is 0 Å². The van der Waals surface area contributed by atoms with Crippen molar-refractivity contribution in [2.24, 2.45) is 0 Å². The molecule has 1 aliphatic rings. The van der Waals surface area contributed by atoms with Crippen LogP contribution in [-0.2, 0) is 10.0 Å². The van der Waals surface area contributed by atoms with E-state index in [4.69, 9.17) is 15.2 Å². The number of anilines is 1. The average Bonchev–Trinajstić information content (AvgIpc) is 3.70. The topological polar surface area (TPSA) is 147 Å². The number of aromatic amines is 1. The molecule has 3 N–H and O–H groups in total. The van der Waals surface area contributed by atoms with Crippen molar-refractivity contribution in [3.8, 4) is 17.2 Å². The SMILES string of the molecule is Cc1ccc(S(=O)(=O)n2c(C(=O)c3cnn(-c4ccc5[nH]c(C)nc5c4)c3N)cc3cc4c(cc32)OCO4)cc1. The number of benzene rings is 3. The molecule has 7 rings (SSSR count). The van der Waals surface area contributed by atoms with Crippen molar-refractivity contribution in [2.45, 2.75) is 18.7 Å². The van der Waals surface area contributed by atoms with Gasteiger partial charge in [-0.3, -0.25) is 4.79 Å². The molecule has 11 nitrogen and oxygen atoms in total. The number of imidazole rings is 1. The van der Waals surface area contributed by atoms with Crippen molar-refractivity contribution in [3.05, 3.63) is 89.5 Å². The summed E-state index contributed by atoms with van der Waals surface area (Å²) >= 11 is 0. The molecule has 0 amide bonds. The molecule has 0 fully saturated rings. The normalized spacial score (nSPS) is 12.9. The third-order valence-electron chi connectivity index (χ3n) is 6.92. The van der Waals surface area contributed by atoms with E-state index in [1.54, 1.807) is 36.4 Å². The van der Waals surface area contributed by atoms with E-state index < -0.39 is 15.8 Å². The number of ether oxygens (including phenoxy) is 2. The zero-order chi connectivity index (χ0) is 27.8. The fraction of sp³-hybridized carbons (Fsp3) is 0.107. The van der Waals surface area contributed by atoms with Gasteiger partial charge in [-0.15, -0.1) is 0 Å². The van der Waals surface area contributed by atoms with Gasteiger partial charge in [0.1, 0.15) is 17.3 Å². The summed E-state index contributed by atoms with van der Waals surface area (Å²) in [6.45, 7) is 3.75. The second-order valence-corrected chi connectivity index (χ2v) is 11.4. The van der Waals surface area contributed by atoms with Crippen LogP contribution in [-0.4, -0.2) is 44.7 Å². The lowest BCUT2D eigenvalue weighted by molar-refractivity contribution is 0.103. The minimum atomic E-state index is -4.20. The van der Waals surface area contributed by atoms with Gasteiger partial charge in [0.2, 0.25) is 12.6 Å². The van der Waals surface area contributed by atoms with Gasteiger partial charge in [-0.05, 0) is 56.3 Å². The Labute approximate surface area is 227 Å². The van der Waals surface area contributed by atoms with E-state index in [0.717, 1.165) is 26.4 Å². The largest absolute Gasteiger partial charge is 0.454 e. The Morgan fingerprint density at radius 3 is 2.52 bits per heavy atom. The van der Waals surface area contributed by atoms with Gasteiger partial charge in [-0.1, -0.05) is 17.7 Å². The Balaban J connectivity index is 1.39. The first kappa shape index (κ1) is 24.0. The quantitative estimate of drug-likeness (QED) is 0.303. The molecule has 0 saturated heterocycles. The Morgan fingerprint density at radius 1 is 1.00 bits per heavy atom. The van der Waals surface area contributed by atoms with E-state index in [1.165, 1.54) is 29.1 Å². The first-order valence-electron chi connectivity index (χ1n) is 12.3. The van der Waals surface area contributed by atoms with Crippen LogP contribution in [0.25, 0.3) is 27.6 Å². The van der Waals surface area contributed by atoms with Crippen molar-refractivity contribution in [3.63, 3.8) is 0 Å². The average molecular weight is 555 g/mol. The molecular formula is C28H22N6O5S. The zero-order valence-electron chi connectivity index (χ0n) is 21.4. The summed E-state index contributed by atoms with van der Waals surface area (Å²) in [5.41, 5.74) is 9.76. The van der Waals surface area contributed by atoms with E-state index in [1.807, 2.05) is 19.9 Å². The summed E-state index contributed by atoms with van der Waals surface area (Å²) in [5, 5.41) is 4.84. The van der Waals surface area contributed by atoms with Crippen molar-refractivity contribution in [1.29, 1.82) is 0 Å². The minimum Gasteiger partial charge on any atom is -0.454 e. The lowest BCUT2D eigenvalue weighted by Crippen LogP contribution is -2.19. The van der Waals surface area contributed by atoms with Gasteiger partial charge in [-0.2, -0.15) is 5.10 Å². The third-order valence-corrected chi connectivity index (χ3v) is 8.67. The van der Waals surface area contributed by atoms with Crippen LogP contribution in [0.5, 0.6) is 11.5 Å². The minimum absolute atomic E-state index is 0.0256. The van der Waals surface area contributed by atoms with Gasteiger partial charge in [0.05, 0.1) is 38.9 Å². The maximum Gasteiger partial charge on any atom is 0.268 e. The molecule has 6 aromatic rings. The molecule has 1 aliphatic heterocycles. The molecular weight excluding hydrogens is 532 g/mol. The molecule has 3 aromatic heterocycles. The Bertz CT molecular complexity index is 2100. The summed E-state index contributed by atoms with van der Waals surface area (Å²) in [6, 6.07) is 16.6. The van der Waals surface area contributed by atoms with Crippen LogP contribution in [0.2, 0.25) is 0 Å². The standard InChI is InChI=1S/C28H22N6O5S/c1-15-3-6-19(7-4-15)40(36,37)34-23-12-26-25(38-14-39-26)10-17(23)9-24(34)27(35)20-13-30-33(28(20)29)18-5-8-21-22(11-18)32-16(2)31-21/h3-13H,14,29H2,1-2H3,(H,31,32). The van der Waals surface area contributed by atoms with E-state index in [0.29, 0.717) is 22.6 Å². The molecule has 0 saturated carbocycles. The van der Waals surface area contributed by atoms with E-state index in [2.05, 4.69) is 15.1 Å². The van der Waals surface area contributed by atoms with Crippen molar-refractivity contribution in [1.82, 2.24) is 23.7 Å². The molecule has 3 aromatic carbocycles. The fourth-order valence-corrected chi connectivity index (χ4v) is 6.44. The summed E-state index contributed by atoms with van der Waals surface area (Å²) in [5.74, 6) is 1.08. The Morgan fingerprint density at radius 2 is 1.75 bits per heavy atom. The first-order valence-corrected chi connectivity index (χ1v) is 13.8. The second kappa shape index (κ2) is 8.45. The number of ketones is 1. The lowest BCUT2D eigenvalue weighted by Gasteiger charge is -2.12. The smallest absolute Gasteiger partial charge is 0.268 e. The number of carbonyl (C=O) groups is 1. The van der Waals surface area contributed by atoms with E-state index in [-0.39, 0.29) is 34.3 Å². The third kappa shape index (κ3) is 3.57. The first-order chi connectivity index (χ1) is 19.2. The number of aryl methyl sites for hydroxylation is 2. The van der Waals surface area contributed by atoms with Gasteiger partial charge in [0.15, 0.2) is 11.5 Å². The van der Waals surface area contributed by atoms with Crippen molar-refractivity contribution >= 4 is 43.6 Å². The van der Waals surface area contributed by atoms with E-state index >= 15 is 0 Å². The second-order valence-electron chi connectivity index (χ2n) is 9.58. The maximum atomic E-state index is 14.0. The molecule has 0 unspecified atom stereocenters. The van der Waals surface area contributed by atoms with Crippen LogP contribution >= 0.6 is 0 Å². The molecule has 0 bridgehead atoms. The van der Waals surface area contributed by atoms with Crippen LogP contribution in [0.1, 0.15) is 27.4 Å². The van der Waals surface area contributed by atoms with Crippen LogP contribution in [0, 0.1) is 13.8 Å². The van der Waals surface area contributed by atoms with Gasteiger partial charge in [0, 0.05) is 11.5 Å². The number of H-pyrrole nitrogens is 1. The van der Waals surface area contributed by atoms with Crippen molar-refractivity contribution in [2.75, 3.05) is 12.5 Å². The number of rotatable bonds is 5. The molecule has 0 atom stereocenters. The molecule has 12 heteroatoms. The highest BCUT2D eigenvalue weighted by molar-refractivity contribution is 7.90. The molecule has 4 heterocycles. The number of nitrogens with one attached hydrogen (secondary N) is 1. The van der Waals surface area contributed by atoms with Crippen LogP contribution in [0.4, 0.5) is 5.82 Å². The number of hydrogen-bond acceptors (Lipinski definition) is 8. The number of nitrogens with zero attached hydrogens (tertiary/aromatic N) is 4. The number of fused-ring (bicyclic) bond motifs is 3. The summed E-state index contributed by atoms with van der Waals surface area (Å²) < 4.78 is 41.4. The summed E-state index contributed by atoms with van der Waals surface area (Å²) in [6.07, 6.45) is 1.34. The van der Waals surface area contributed by atoms with Crippen LogP contribution < -0.4 is 15.2 Å². The highest BCUT2D eigenvalue weighted by atomic mass is 32.2. The number of aromatic nitrogens is 5. The van der Waals surface area contributed by atoms with Gasteiger partial charge < -0.3 is 20.2 Å². The summed E-state index contributed by atoms with van der Waals surface area (Å²) in [4.78, 5) is 21.6. The fourth-order valence-electron chi connectivity index (χ4n) is 4.94. The van der Waals surface area contributed by atoms with Crippen molar-refractivity contribution < 1.29 is 22.7 Å². The number of nitrogen functional groups attached to an aromatic ring is 1. The molecule has 40 heavy (non-hydrogen) atoms. The van der Waals surface area contributed by atoms with Crippen LogP contribution in [0.15, 0.2) is 71.8 Å². The molecule has 0 radical (unpaired) electrons. The predicted octanol–water partition coefficient (Wildman–Crippen LogP) is 4.10. The van der Waals surface area contributed by atoms with Gasteiger partial charge >= 0.3 is 0 Å². The zero-order valence-corrected chi connectivity index (χ0v) is 22.2. The molecule has 200 valence electrons. The molecule has 0 aliphatic carbocycles. The summed E-state index contributed by atoms with van der Waals surface area (Å²) in [7, 11) is -4.20. The maximum absolute atomic E-state index is 14.0. The van der Waals surface area contributed by atoms with Gasteiger partial charge in [-0.25, -0.2) is 22.1 Å². The Kier molecular flexibility index (Phi) is 5.06. The predicted molar refractivity (Wildman–Crippen MR) is 148 cm³/mol.